The van der Waals surface area contributed by atoms with Gasteiger partial charge in [0.05, 0.1) is 53.8 Å². The minimum atomic E-state index is -2.24. The first-order valence-electron chi connectivity index (χ1n) is 15.1. The number of hydrogen-bond acceptors (Lipinski definition) is 16. The number of carboxylic acid groups (broad SMARTS) is 1. The van der Waals surface area contributed by atoms with Crippen LogP contribution in [0.2, 0.25) is 0 Å². The average molecular weight is 699 g/mol. The highest BCUT2D eigenvalue weighted by atomic mass is 16.7. The zero-order chi connectivity index (χ0) is 36.8. The maximum atomic E-state index is 13.6. The summed E-state index contributed by atoms with van der Waals surface area (Å²) in [5.41, 5.74) is 0.210. The van der Waals surface area contributed by atoms with Crippen molar-refractivity contribution in [3.63, 3.8) is 0 Å². The van der Waals surface area contributed by atoms with Gasteiger partial charge in [-0.1, -0.05) is 12.1 Å². The number of fused-ring (bicyclic) bond motifs is 3. The highest BCUT2D eigenvalue weighted by Gasteiger charge is 2.50. The monoisotopic (exact) mass is 698 g/mol. The minimum absolute atomic E-state index is 0.0173. The Balaban J connectivity index is 0.000000377. The number of ketones is 3. The van der Waals surface area contributed by atoms with Crippen molar-refractivity contribution in [3.8, 4) is 17.2 Å². The average Bonchev–Trinajstić information content (AvgIpc) is 3.06. The van der Waals surface area contributed by atoms with Gasteiger partial charge in [0.15, 0.2) is 17.9 Å². The van der Waals surface area contributed by atoms with Crippen molar-refractivity contribution < 1.29 is 64.0 Å². The molecule has 1 aromatic heterocycles. The first kappa shape index (κ1) is 36.1. The number of Topliss-reactive ketones (excluding diaryl/α,β-unsaturated/α-hetero) is 1. The number of aliphatic hydroxyl groups is 3. The van der Waals surface area contributed by atoms with Crippen molar-refractivity contribution in [2.75, 3.05) is 13.7 Å². The van der Waals surface area contributed by atoms with Gasteiger partial charge in [-0.05, 0) is 13.0 Å². The van der Waals surface area contributed by atoms with E-state index in [4.69, 9.17) is 19.9 Å². The third-order valence-corrected chi connectivity index (χ3v) is 8.79. The van der Waals surface area contributed by atoms with Crippen LogP contribution in [0.25, 0.3) is 0 Å². The Morgan fingerprint density at radius 1 is 1.08 bits per heavy atom. The van der Waals surface area contributed by atoms with Gasteiger partial charge in [-0.2, -0.15) is 0 Å². The van der Waals surface area contributed by atoms with E-state index in [0.717, 1.165) is 6.07 Å². The molecule has 1 saturated heterocycles. The molecular weight excluding hydrogens is 666 g/mol. The molecule has 0 bridgehead atoms. The Morgan fingerprint density at radius 3 is 2.36 bits per heavy atom. The second kappa shape index (κ2) is 13.6. The van der Waals surface area contributed by atoms with Crippen molar-refractivity contribution in [1.29, 1.82) is 0 Å². The molecule has 6 atom stereocenters. The van der Waals surface area contributed by atoms with Gasteiger partial charge >= 0.3 is 5.69 Å². The van der Waals surface area contributed by atoms with E-state index in [1.807, 2.05) is 9.97 Å². The van der Waals surface area contributed by atoms with Crippen molar-refractivity contribution in [2.45, 2.75) is 62.4 Å². The molecule has 1 fully saturated rings. The Labute approximate surface area is 280 Å². The predicted octanol–water partition coefficient (Wildman–Crippen LogP) is -2.57. The van der Waals surface area contributed by atoms with E-state index in [0.29, 0.717) is 0 Å². The number of benzene rings is 2. The number of carbonyl (C=O) groups excluding carboxylic acids is 4. The second-order valence-electron chi connectivity index (χ2n) is 11.9. The molecular formula is C32H32N3O15-. The van der Waals surface area contributed by atoms with Crippen LogP contribution in [-0.2, 0) is 20.7 Å². The van der Waals surface area contributed by atoms with Crippen LogP contribution in [0.3, 0.4) is 0 Å². The number of aromatic amines is 2. The molecule has 50 heavy (non-hydrogen) atoms. The van der Waals surface area contributed by atoms with Gasteiger partial charge < -0.3 is 60.4 Å². The van der Waals surface area contributed by atoms with Crippen LogP contribution < -0.4 is 26.8 Å². The molecule has 266 valence electrons. The molecule has 0 saturated carbocycles. The number of nitrogens with two attached hydrogens (primary N) is 1. The first-order valence-corrected chi connectivity index (χ1v) is 15.1. The number of aromatic carboxylic acids is 1. The molecule has 0 spiro atoms. The standard InChI is InChI=1S/C27H29NO11.C5H4N2O4/c1-10-22(31)13(28)6-17(38-10)39-15-8-27(36,16(30)9-29)7-12-19(15)26(35)21-20(24(12)33)23(32)11-4-3-5-14(37-2)18(11)25(21)34;8-3-1-2(4(9)10)6-5(11)7-3/h3-5,10,13,15,17,22,29,31,33,35-36H,6-9,28H2,1-2H3;1H,(H,9,10)(H2,6,7,8,11)/p-1/t10-,13-,15-,17-,22+,27-;/m0./s1. The SMILES string of the molecule is COc1cccc2c1C(=O)c1c(O)c3c(c(O)c1C2=O)C[C@@](O)(C(=O)CO)C[C@@H]3O[C@H]1C[C@H](N)[C@H](O)[C@H](C)O1.O=C([O-])c1cc(=O)[nH]c(=O)[nH]1. The van der Waals surface area contributed by atoms with E-state index in [-0.39, 0.29) is 34.4 Å². The topological polar surface area (TPSA) is 312 Å². The second-order valence-corrected chi connectivity index (χ2v) is 11.9. The molecule has 18 nitrogen and oxygen atoms in total. The van der Waals surface area contributed by atoms with Crippen molar-refractivity contribution in [1.82, 2.24) is 9.97 Å². The molecule has 3 aromatic rings. The maximum Gasteiger partial charge on any atom is 0.326 e. The zero-order valence-electron chi connectivity index (χ0n) is 26.4. The molecule has 2 aromatic carbocycles. The Morgan fingerprint density at radius 2 is 1.76 bits per heavy atom. The molecule has 2 aliphatic carbocycles. The lowest BCUT2D eigenvalue weighted by Gasteiger charge is -2.42. The lowest BCUT2D eigenvalue weighted by molar-refractivity contribution is -0.255. The molecule has 0 amide bonds. The number of aromatic hydroxyl groups is 2. The number of methoxy groups -OCH3 is 1. The van der Waals surface area contributed by atoms with Crippen LogP contribution in [0.15, 0.2) is 33.9 Å². The Hall–Kier alpha value is -5.24. The fourth-order valence-electron chi connectivity index (χ4n) is 6.33. The largest absolute Gasteiger partial charge is 0.543 e. The van der Waals surface area contributed by atoms with Gasteiger partial charge in [0.25, 0.3) is 5.56 Å². The van der Waals surface area contributed by atoms with Crippen LogP contribution in [0.1, 0.15) is 79.3 Å². The number of H-pyrrole nitrogens is 2. The summed E-state index contributed by atoms with van der Waals surface area (Å²) in [6.07, 6.45) is -5.12. The quantitative estimate of drug-likeness (QED) is 0.0959. The molecule has 3 aliphatic rings. The number of phenols is 2. The lowest BCUT2D eigenvalue weighted by atomic mass is 9.72. The van der Waals surface area contributed by atoms with E-state index in [1.54, 1.807) is 6.92 Å². The van der Waals surface area contributed by atoms with E-state index in [2.05, 4.69) is 0 Å². The van der Waals surface area contributed by atoms with E-state index in [9.17, 15) is 59.4 Å². The number of aromatic nitrogens is 2. The van der Waals surface area contributed by atoms with Crippen LogP contribution >= 0.6 is 0 Å². The van der Waals surface area contributed by atoms with Crippen LogP contribution in [-0.4, -0.2) is 103 Å². The number of ether oxygens (including phenoxy) is 3. The zero-order valence-corrected chi connectivity index (χ0v) is 26.4. The lowest BCUT2D eigenvalue weighted by Crippen LogP contribution is -2.53. The number of rotatable bonds is 6. The summed E-state index contributed by atoms with van der Waals surface area (Å²) in [5.74, 6) is -5.36. The van der Waals surface area contributed by atoms with Gasteiger partial charge in [-0.25, -0.2) is 4.79 Å². The molecule has 18 heteroatoms. The summed E-state index contributed by atoms with van der Waals surface area (Å²) in [6.45, 7) is 0.560. The third-order valence-electron chi connectivity index (χ3n) is 8.79. The number of carbonyl (C=O) groups is 4. The number of hydrogen-bond donors (Lipinski definition) is 8. The third kappa shape index (κ3) is 6.30. The highest BCUT2D eigenvalue weighted by Crippen LogP contribution is 2.52. The van der Waals surface area contributed by atoms with Crippen LogP contribution in [0, 0.1) is 0 Å². The van der Waals surface area contributed by atoms with Crippen LogP contribution in [0.5, 0.6) is 17.2 Å². The summed E-state index contributed by atoms with van der Waals surface area (Å²) in [7, 11) is 1.32. The Bertz CT molecular complexity index is 1980. The summed E-state index contributed by atoms with van der Waals surface area (Å²) in [6, 6.07) is 4.37. The summed E-state index contributed by atoms with van der Waals surface area (Å²) >= 11 is 0. The van der Waals surface area contributed by atoms with Gasteiger partial charge in [-0.15, -0.1) is 0 Å². The smallest absolute Gasteiger partial charge is 0.326 e. The maximum absolute atomic E-state index is 13.6. The molecule has 0 radical (unpaired) electrons. The molecule has 1 aliphatic heterocycles. The van der Waals surface area contributed by atoms with Crippen molar-refractivity contribution in [2.24, 2.45) is 5.73 Å². The number of carboxylic acids is 1. The van der Waals surface area contributed by atoms with Crippen molar-refractivity contribution >= 4 is 23.3 Å². The normalized spacial score (nSPS) is 25.4. The Kier molecular flexibility index (Phi) is 9.79. The first-order chi connectivity index (χ1) is 23.5. The number of phenolic OH excluding ortho intramolecular Hbond substituents is 2. The fourth-order valence-corrected chi connectivity index (χ4v) is 6.33. The minimum Gasteiger partial charge on any atom is -0.543 e. The summed E-state index contributed by atoms with van der Waals surface area (Å²) < 4.78 is 17.0. The van der Waals surface area contributed by atoms with Gasteiger partial charge in [0.2, 0.25) is 5.78 Å². The van der Waals surface area contributed by atoms with Crippen molar-refractivity contribution in [3.05, 3.63) is 84.2 Å². The molecule has 9 N–H and O–H groups in total. The fraction of sp³-hybridized carbons (Fsp3) is 0.375. The number of nitrogens with one attached hydrogen (secondary N) is 2. The summed E-state index contributed by atoms with van der Waals surface area (Å²) in [5, 5.41) is 63.8. The molecule has 6 rings (SSSR count). The van der Waals surface area contributed by atoms with Gasteiger partial charge in [0.1, 0.15) is 29.5 Å². The van der Waals surface area contributed by atoms with E-state index < -0.39 is 119 Å². The van der Waals surface area contributed by atoms with E-state index in [1.165, 1.54) is 25.3 Å². The van der Waals surface area contributed by atoms with Gasteiger partial charge in [0, 0.05) is 48.1 Å². The molecule has 2 heterocycles. The summed E-state index contributed by atoms with van der Waals surface area (Å²) in [4.78, 5) is 74.4. The van der Waals surface area contributed by atoms with Crippen LogP contribution in [0.4, 0.5) is 0 Å². The predicted molar refractivity (Wildman–Crippen MR) is 164 cm³/mol. The van der Waals surface area contributed by atoms with Gasteiger partial charge in [-0.3, -0.25) is 24.2 Å². The van der Waals surface area contributed by atoms with E-state index >= 15 is 0 Å². The number of aliphatic hydroxyl groups excluding tert-OH is 2. The highest BCUT2D eigenvalue weighted by molar-refractivity contribution is 6.31. The molecule has 0 unspecified atom stereocenters.